The van der Waals surface area contributed by atoms with Gasteiger partial charge >= 0.3 is 0 Å². The normalized spacial score (nSPS) is 11.1. The molecule has 0 unspecified atom stereocenters. The van der Waals surface area contributed by atoms with E-state index in [2.05, 4.69) is 5.32 Å². The average molecular weight is 392 g/mol. The van der Waals surface area contributed by atoms with Crippen molar-refractivity contribution < 1.29 is 22.5 Å². The molecule has 2 N–H and O–H groups in total. The summed E-state index contributed by atoms with van der Waals surface area (Å²) in [7, 11) is -4.13. The van der Waals surface area contributed by atoms with Gasteiger partial charge in [0.05, 0.1) is 18.0 Å². The summed E-state index contributed by atoms with van der Waals surface area (Å²) in [6.45, 7) is 4.18. The monoisotopic (exact) mass is 392 g/mol. The Labute approximate surface area is 159 Å². The van der Waals surface area contributed by atoms with Crippen molar-refractivity contribution in [1.82, 2.24) is 0 Å². The van der Waals surface area contributed by atoms with E-state index in [4.69, 9.17) is 4.74 Å². The number of anilines is 2. The Bertz CT molecular complexity index is 869. The van der Waals surface area contributed by atoms with Crippen molar-refractivity contribution in [3.05, 3.63) is 54.1 Å². The Morgan fingerprint density at radius 1 is 1.19 bits per heavy atom. The molecular weight excluding hydrogens is 368 g/mol. The number of carbonyl (C=O) groups excluding carboxylic acids is 1. The first-order chi connectivity index (χ1) is 12.8. The van der Waals surface area contributed by atoms with Crippen molar-refractivity contribution in [1.29, 1.82) is 0 Å². The zero-order valence-corrected chi connectivity index (χ0v) is 16.2. The molecule has 0 radical (unpaired) electrons. The summed E-state index contributed by atoms with van der Waals surface area (Å²) < 4.78 is 37.4. The summed E-state index contributed by atoms with van der Waals surface area (Å²) in [5.74, 6) is -0.0639. The van der Waals surface area contributed by atoms with Gasteiger partial charge in [-0.2, -0.15) is 8.42 Å². The second-order valence-corrected chi connectivity index (χ2v) is 7.56. The smallest absolute Gasteiger partial charge is 0.266 e. The molecule has 0 fully saturated rings. The highest BCUT2D eigenvalue weighted by Crippen LogP contribution is 2.33. The lowest BCUT2D eigenvalue weighted by molar-refractivity contribution is -0.114. The lowest BCUT2D eigenvalue weighted by Crippen LogP contribution is -2.29. The van der Waals surface area contributed by atoms with Crippen molar-refractivity contribution in [2.75, 3.05) is 29.1 Å². The van der Waals surface area contributed by atoms with Crippen LogP contribution < -0.4 is 15.0 Å². The number of nitrogens with one attached hydrogen (secondary N) is 1. The molecule has 8 heteroatoms. The number of amides is 1. The average Bonchev–Trinajstić information content (AvgIpc) is 2.60. The van der Waals surface area contributed by atoms with Crippen molar-refractivity contribution >= 4 is 27.4 Å². The second-order valence-electron chi connectivity index (χ2n) is 5.99. The van der Waals surface area contributed by atoms with Crippen LogP contribution in [-0.2, 0) is 21.5 Å². The third-order valence-electron chi connectivity index (χ3n) is 3.76. The van der Waals surface area contributed by atoms with E-state index < -0.39 is 15.9 Å². The van der Waals surface area contributed by atoms with Gasteiger partial charge < -0.3 is 15.0 Å². The van der Waals surface area contributed by atoms with E-state index >= 15 is 0 Å². The molecule has 2 aromatic rings. The Balaban J connectivity index is 2.42. The highest BCUT2D eigenvalue weighted by Gasteiger charge is 2.17. The molecular formula is C19H24N2O5S. The predicted octanol–water partition coefficient (Wildman–Crippen LogP) is 2.94. The predicted molar refractivity (Wildman–Crippen MR) is 106 cm³/mol. The van der Waals surface area contributed by atoms with Crippen LogP contribution >= 0.6 is 0 Å². The quantitative estimate of drug-likeness (QED) is 0.637. The lowest BCUT2D eigenvalue weighted by Gasteiger charge is -2.27. The molecule has 0 saturated heterocycles. The van der Waals surface area contributed by atoms with E-state index in [1.807, 2.05) is 37.3 Å². The summed E-state index contributed by atoms with van der Waals surface area (Å²) in [5.41, 5.74) is 2.18. The number of carbonyl (C=O) groups is 1. The summed E-state index contributed by atoms with van der Waals surface area (Å²) in [4.78, 5) is 13.2. The van der Waals surface area contributed by atoms with Gasteiger partial charge in [0, 0.05) is 25.7 Å². The van der Waals surface area contributed by atoms with Crippen LogP contribution in [0.25, 0.3) is 0 Å². The molecule has 27 heavy (non-hydrogen) atoms. The maximum absolute atomic E-state index is 11.4. The zero-order chi connectivity index (χ0) is 19.9. The fourth-order valence-corrected chi connectivity index (χ4v) is 3.09. The van der Waals surface area contributed by atoms with E-state index in [1.165, 1.54) is 6.92 Å². The van der Waals surface area contributed by atoms with Crippen molar-refractivity contribution in [2.24, 2.45) is 0 Å². The molecule has 0 spiro atoms. The van der Waals surface area contributed by atoms with E-state index in [1.54, 1.807) is 23.1 Å². The van der Waals surface area contributed by atoms with Crippen molar-refractivity contribution in [3.8, 4) is 5.75 Å². The van der Waals surface area contributed by atoms with Crippen LogP contribution in [0.3, 0.4) is 0 Å². The molecule has 2 rings (SSSR count). The maximum atomic E-state index is 11.4. The molecule has 7 nitrogen and oxygen atoms in total. The largest absolute Gasteiger partial charge is 0.492 e. The molecule has 0 heterocycles. The highest BCUT2D eigenvalue weighted by atomic mass is 32.2. The van der Waals surface area contributed by atoms with Crippen LogP contribution in [-0.4, -0.2) is 37.8 Å². The Kier molecular flexibility index (Phi) is 7.20. The van der Waals surface area contributed by atoms with E-state index in [0.29, 0.717) is 30.3 Å². The molecule has 0 aromatic heterocycles. The summed E-state index contributed by atoms with van der Waals surface area (Å²) in [6, 6.07) is 14.7. The van der Waals surface area contributed by atoms with Gasteiger partial charge in [0.1, 0.15) is 5.75 Å². The molecule has 2 aromatic carbocycles. The van der Waals surface area contributed by atoms with Gasteiger partial charge in [0.2, 0.25) is 5.91 Å². The summed E-state index contributed by atoms with van der Waals surface area (Å²) in [5, 5.41) is 2.72. The molecule has 146 valence electrons. The third-order valence-corrected chi connectivity index (χ3v) is 4.45. The van der Waals surface area contributed by atoms with Crippen LogP contribution in [0, 0.1) is 0 Å². The highest BCUT2D eigenvalue weighted by molar-refractivity contribution is 7.85. The Hall–Kier alpha value is -2.58. The van der Waals surface area contributed by atoms with Gasteiger partial charge in [0.25, 0.3) is 10.1 Å². The third kappa shape index (κ3) is 6.92. The zero-order valence-electron chi connectivity index (χ0n) is 15.4. The number of ether oxygens (including phenoxy) is 1. The first kappa shape index (κ1) is 20.7. The van der Waals surface area contributed by atoms with Crippen LogP contribution in [0.1, 0.15) is 19.4 Å². The van der Waals surface area contributed by atoms with E-state index in [9.17, 15) is 17.8 Å². The fourth-order valence-electron chi connectivity index (χ4n) is 2.64. The first-order valence-electron chi connectivity index (χ1n) is 8.57. The first-order valence-corrected chi connectivity index (χ1v) is 10.2. The summed E-state index contributed by atoms with van der Waals surface area (Å²) in [6.07, 6.45) is 0. The minimum absolute atomic E-state index is 0.0668. The molecule has 0 aliphatic carbocycles. The van der Waals surface area contributed by atoms with Crippen LogP contribution in [0.4, 0.5) is 11.4 Å². The van der Waals surface area contributed by atoms with Gasteiger partial charge in [-0.15, -0.1) is 0 Å². The van der Waals surface area contributed by atoms with Gasteiger partial charge in [-0.05, 0) is 30.7 Å². The van der Waals surface area contributed by atoms with Gasteiger partial charge in [-0.1, -0.05) is 30.3 Å². The molecule has 0 bridgehead atoms. The molecule has 0 saturated carbocycles. The van der Waals surface area contributed by atoms with Gasteiger partial charge in [0.15, 0.2) is 0 Å². The standard InChI is InChI=1S/C19H24N2O5S/c1-3-26-19-10-9-17(20-15(2)22)13-18(19)21(11-12-27(23,24)25)14-16-7-5-4-6-8-16/h4-10,13H,3,11-12,14H2,1-2H3,(H,20,22)(H,23,24,25). The minimum atomic E-state index is -4.13. The minimum Gasteiger partial charge on any atom is -0.492 e. The van der Waals surface area contributed by atoms with Crippen LogP contribution in [0.2, 0.25) is 0 Å². The Morgan fingerprint density at radius 2 is 1.89 bits per heavy atom. The second kappa shape index (κ2) is 9.38. The number of benzene rings is 2. The SMILES string of the molecule is CCOc1ccc(NC(C)=O)cc1N(CCS(=O)(=O)O)Cc1ccccc1. The number of hydrogen-bond donors (Lipinski definition) is 2. The van der Waals surface area contributed by atoms with E-state index in [-0.39, 0.29) is 12.5 Å². The van der Waals surface area contributed by atoms with Crippen molar-refractivity contribution in [2.45, 2.75) is 20.4 Å². The van der Waals surface area contributed by atoms with Crippen LogP contribution in [0.5, 0.6) is 5.75 Å². The molecule has 1 amide bonds. The number of nitrogens with zero attached hydrogens (tertiary/aromatic N) is 1. The van der Waals surface area contributed by atoms with Crippen molar-refractivity contribution in [3.63, 3.8) is 0 Å². The van der Waals surface area contributed by atoms with E-state index in [0.717, 1.165) is 5.56 Å². The Morgan fingerprint density at radius 3 is 2.48 bits per heavy atom. The topological polar surface area (TPSA) is 95.9 Å². The molecule has 0 aliphatic heterocycles. The van der Waals surface area contributed by atoms with Gasteiger partial charge in [-0.25, -0.2) is 0 Å². The maximum Gasteiger partial charge on any atom is 0.266 e. The molecule has 0 aliphatic rings. The fraction of sp³-hybridized carbons (Fsp3) is 0.316. The molecule has 0 atom stereocenters. The van der Waals surface area contributed by atoms with Gasteiger partial charge in [-0.3, -0.25) is 9.35 Å². The lowest BCUT2D eigenvalue weighted by atomic mass is 10.1. The number of hydrogen-bond acceptors (Lipinski definition) is 5. The van der Waals surface area contributed by atoms with Crippen LogP contribution in [0.15, 0.2) is 48.5 Å². The number of rotatable bonds is 9. The summed E-state index contributed by atoms with van der Waals surface area (Å²) >= 11 is 0.